The fourth-order valence-electron chi connectivity index (χ4n) is 0.927. The maximum Gasteiger partial charge on any atom is 0.357 e. The van der Waals surface area contributed by atoms with Crippen LogP contribution >= 0.6 is 11.6 Å². The molecule has 0 bridgehead atoms. The van der Waals surface area contributed by atoms with Crippen molar-refractivity contribution in [1.82, 2.24) is 9.78 Å². The highest BCUT2D eigenvalue weighted by molar-refractivity contribution is 6.33. The second kappa shape index (κ2) is 3.79. The Kier molecular flexibility index (Phi) is 2.93. The van der Waals surface area contributed by atoms with Crippen molar-refractivity contribution in [3.63, 3.8) is 0 Å². The third-order valence-electron chi connectivity index (χ3n) is 1.93. The first-order chi connectivity index (χ1) is 6.06. The van der Waals surface area contributed by atoms with Crippen LogP contribution in [0.5, 0.6) is 0 Å². The molecule has 1 atom stereocenters. The summed E-state index contributed by atoms with van der Waals surface area (Å²) in [6.07, 6.45) is 2.43. The van der Waals surface area contributed by atoms with Crippen LogP contribution in [0.15, 0.2) is 6.20 Å². The van der Waals surface area contributed by atoms with Crippen molar-refractivity contribution in [3.05, 3.63) is 16.9 Å². The summed E-state index contributed by atoms with van der Waals surface area (Å²) >= 11 is 5.68. The zero-order valence-corrected chi connectivity index (χ0v) is 8.25. The topological polar surface area (TPSA) is 55.1 Å². The smallest absolute Gasteiger partial charge is 0.357 e. The summed E-state index contributed by atoms with van der Waals surface area (Å²) in [5.74, 6) is -1.09. The van der Waals surface area contributed by atoms with Crippen LogP contribution in [0.25, 0.3) is 0 Å². The summed E-state index contributed by atoms with van der Waals surface area (Å²) in [5.41, 5.74) is -0.0815. The van der Waals surface area contributed by atoms with Crippen molar-refractivity contribution < 1.29 is 9.90 Å². The molecule has 72 valence electrons. The molecule has 1 N–H and O–H groups in total. The third kappa shape index (κ3) is 2.01. The number of rotatable bonds is 3. The van der Waals surface area contributed by atoms with Crippen molar-refractivity contribution >= 4 is 17.6 Å². The van der Waals surface area contributed by atoms with E-state index in [1.165, 1.54) is 0 Å². The largest absolute Gasteiger partial charge is 0.476 e. The van der Waals surface area contributed by atoms with Crippen LogP contribution in [0.1, 0.15) is 36.8 Å². The number of carboxylic acid groups (broad SMARTS) is 1. The van der Waals surface area contributed by atoms with Crippen LogP contribution in [0.3, 0.4) is 0 Å². The average Bonchev–Trinajstić information content (AvgIpc) is 2.46. The molecule has 0 fully saturated rings. The minimum atomic E-state index is -1.09. The van der Waals surface area contributed by atoms with E-state index in [0.717, 1.165) is 6.42 Å². The van der Waals surface area contributed by atoms with Gasteiger partial charge in [-0.05, 0) is 13.3 Å². The van der Waals surface area contributed by atoms with Gasteiger partial charge >= 0.3 is 5.97 Å². The van der Waals surface area contributed by atoms with Gasteiger partial charge in [0.15, 0.2) is 5.69 Å². The molecule has 0 spiro atoms. The molecule has 0 saturated carbocycles. The maximum absolute atomic E-state index is 10.6. The van der Waals surface area contributed by atoms with Gasteiger partial charge in [-0.3, -0.25) is 4.68 Å². The molecule has 0 aliphatic carbocycles. The SMILES string of the molecule is CC[C@H](C)n1cc(Cl)c(C(=O)O)n1. The lowest BCUT2D eigenvalue weighted by Gasteiger charge is -2.07. The summed E-state index contributed by atoms with van der Waals surface area (Å²) in [5, 5.41) is 12.7. The van der Waals surface area contributed by atoms with Gasteiger partial charge in [0, 0.05) is 12.2 Å². The number of nitrogens with zero attached hydrogens (tertiary/aromatic N) is 2. The zero-order chi connectivity index (χ0) is 10.0. The van der Waals surface area contributed by atoms with Gasteiger partial charge < -0.3 is 5.11 Å². The van der Waals surface area contributed by atoms with Crippen LogP contribution in [-0.4, -0.2) is 20.9 Å². The van der Waals surface area contributed by atoms with Crippen LogP contribution in [-0.2, 0) is 0 Å². The van der Waals surface area contributed by atoms with E-state index in [-0.39, 0.29) is 16.8 Å². The molecule has 13 heavy (non-hydrogen) atoms. The van der Waals surface area contributed by atoms with Gasteiger partial charge in [0.1, 0.15) is 0 Å². The molecule has 1 heterocycles. The number of aromatic nitrogens is 2. The van der Waals surface area contributed by atoms with E-state index in [0.29, 0.717) is 0 Å². The molecule has 0 aliphatic rings. The molecule has 5 heteroatoms. The number of carboxylic acids is 1. The Balaban J connectivity index is 3.01. The second-order valence-corrected chi connectivity index (χ2v) is 3.28. The summed E-state index contributed by atoms with van der Waals surface area (Å²) < 4.78 is 1.58. The van der Waals surface area contributed by atoms with Crippen LogP contribution in [0.2, 0.25) is 5.02 Å². The van der Waals surface area contributed by atoms with Crippen molar-refractivity contribution in [2.75, 3.05) is 0 Å². The number of carbonyl (C=O) groups is 1. The highest BCUT2D eigenvalue weighted by atomic mass is 35.5. The van der Waals surface area contributed by atoms with E-state index in [2.05, 4.69) is 5.10 Å². The van der Waals surface area contributed by atoms with Gasteiger partial charge in [-0.25, -0.2) is 4.79 Å². The van der Waals surface area contributed by atoms with Gasteiger partial charge in [0.05, 0.1) is 5.02 Å². The molecule has 0 aromatic carbocycles. The van der Waals surface area contributed by atoms with Gasteiger partial charge in [0.25, 0.3) is 0 Å². The quantitative estimate of drug-likeness (QED) is 0.818. The van der Waals surface area contributed by atoms with Crippen molar-refractivity contribution in [3.8, 4) is 0 Å². The Hall–Kier alpha value is -1.03. The molecular weight excluding hydrogens is 192 g/mol. The summed E-state index contributed by atoms with van der Waals surface area (Å²) in [4.78, 5) is 10.6. The molecule has 0 aliphatic heterocycles. The Morgan fingerprint density at radius 3 is 2.85 bits per heavy atom. The number of hydrogen-bond donors (Lipinski definition) is 1. The summed E-state index contributed by atoms with van der Waals surface area (Å²) in [6, 6.07) is 0.172. The molecule has 0 amide bonds. The van der Waals surface area contributed by atoms with Crippen LogP contribution in [0, 0.1) is 0 Å². The summed E-state index contributed by atoms with van der Waals surface area (Å²) in [7, 11) is 0. The van der Waals surface area contributed by atoms with E-state index in [4.69, 9.17) is 16.7 Å². The van der Waals surface area contributed by atoms with Crippen molar-refractivity contribution in [2.45, 2.75) is 26.3 Å². The van der Waals surface area contributed by atoms with Gasteiger partial charge in [-0.15, -0.1) is 0 Å². The van der Waals surface area contributed by atoms with E-state index in [9.17, 15) is 4.79 Å². The van der Waals surface area contributed by atoms with Crippen LogP contribution < -0.4 is 0 Å². The Labute approximate surface area is 81.1 Å². The van der Waals surface area contributed by atoms with Crippen molar-refractivity contribution in [1.29, 1.82) is 0 Å². The third-order valence-corrected chi connectivity index (χ3v) is 2.21. The Bertz CT molecular complexity index is 322. The highest BCUT2D eigenvalue weighted by Crippen LogP contribution is 2.18. The normalized spacial score (nSPS) is 12.8. The van der Waals surface area contributed by atoms with Gasteiger partial charge in [-0.1, -0.05) is 18.5 Å². The first kappa shape index (κ1) is 10.1. The molecule has 0 saturated heterocycles. The number of halogens is 1. The monoisotopic (exact) mass is 202 g/mol. The second-order valence-electron chi connectivity index (χ2n) is 2.87. The zero-order valence-electron chi connectivity index (χ0n) is 7.49. The molecule has 0 radical (unpaired) electrons. The number of hydrogen-bond acceptors (Lipinski definition) is 2. The Morgan fingerprint density at radius 1 is 1.85 bits per heavy atom. The number of aromatic carboxylic acids is 1. The fourth-order valence-corrected chi connectivity index (χ4v) is 1.15. The standard InChI is InChI=1S/C8H11ClN2O2/c1-3-5(2)11-4-6(9)7(10-11)8(12)13/h4-5H,3H2,1-2H3,(H,12,13)/t5-/m0/s1. The first-order valence-corrected chi connectivity index (χ1v) is 4.42. The lowest BCUT2D eigenvalue weighted by Crippen LogP contribution is -2.06. The lowest BCUT2D eigenvalue weighted by molar-refractivity contribution is 0.0689. The minimum Gasteiger partial charge on any atom is -0.476 e. The Morgan fingerprint density at radius 2 is 2.46 bits per heavy atom. The highest BCUT2D eigenvalue weighted by Gasteiger charge is 2.15. The maximum atomic E-state index is 10.6. The molecule has 1 aromatic heterocycles. The van der Waals surface area contributed by atoms with Gasteiger partial charge in [-0.2, -0.15) is 5.10 Å². The molecule has 1 aromatic rings. The average molecular weight is 203 g/mol. The van der Waals surface area contributed by atoms with Gasteiger partial charge in [0.2, 0.25) is 0 Å². The molecule has 0 unspecified atom stereocenters. The van der Waals surface area contributed by atoms with Crippen molar-refractivity contribution in [2.24, 2.45) is 0 Å². The van der Waals surface area contributed by atoms with E-state index < -0.39 is 5.97 Å². The summed E-state index contributed by atoms with van der Waals surface area (Å²) in [6.45, 7) is 3.95. The first-order valence-electron chi connectivity index (χ1n) is 4.04. The fraction of sp³-hybridized carbons (Fsp3) is 0.500. The molecular formula is C8H11ClN2O2. The predicted molar refractivity (Wildman–Crippen MR) is 49.2 cm³/mol. The molecule has 1 rings (SSSR count). The van der Waals surface area contributed by atoms with Crippen LogP contribution in [0.4, 0.5) is 0 Å². The lowest BCUT2D eigenvalue weighted by atomic mass is 10.3. The minimum absolute atomic E-state index is 0.0815. The molecule has 4 nitrogen and oxygen atoms in total. The van der Waals surface area contributed by atoms with E-state index in [1.807, 2.05) is 13.8 Å². The van der Waals surface area contributed by atoms with E-state index >= 15 is 0 Å². The predicted octanol–water partition coefficient (Wildman–Crippen LogP) is 2.21. The van der Waals surface area contributed by atoms with E-state index in [1.54, 1.807) is 10.9 Å².